The van der Waals surface area contributed by atoms with Crippen LogP contribution in [0.1, 0.15) is 106 Å². The Morgan fingerprint density at radius 3 is 2.16 bits per heavy atom. The van der Waals surface area contributed by atoms with Gasteiger partial charge in [0.2, 0.25) is 0 Å². The molecule has 0 N–H and O–H groups in total. The lowest BCUT2D eigenvalue weighted by Gasteiger charge is -2.72. The van der Waals surface area contributed by atoms with E-state index in [1.165, 1.54) is 24.8 Å². The summed E-state index contributed by atoms with van der Waals surface area (Å²) in [5.41, 5.74) is 1.46. The van der Waals surface area contributed by atoms with E-state index in [0.717, 1.165) is 38.5 Å². The Balaban J connectivity index is 1.59. The molecule has 5 saturated carbocycles. The van der Waals surface area contributed by atoms with Crippen LogP contribution in [-0.4, -0.2) is 11.6 Å². The second-order valence-corrected chi connectivity index (χ2v) is 14.3. The summed E-state index contributed by atoms with van der Waals surface area (Å²) in [7, 11) is 0. The van der Waals surface area contributed by atoms with Gasteiger partial charge < -0.3 is 0 Å². The third-order valence-electron chi connectivity index (χ3n) is 13.2. The van der Waals surface area contributed by atoms with Gasteiger partial charge in [0.15, 0.2) is 0 Å². The Labute approximate surface area is 196 Å². The summed E-state index contributed by atoms with van der Waals surface area (Å²) in [6.07, 6.45) is 9.41. The molecule has 0 saturated heterocycles. The average molecular weight is 439 g/mol. The first-order valence-corrected chi connectivity index (χ1v) is 13.5. The van der Waals surface area contributed by atoms with Crippen LogP contribution in [0, 0.1) is 56.7 Å². The van der Waals surface area contributed by atoms with Crippen LogP contribution in [0.4, 0.5) is 0 Å². The number of carbonyl (C=O) groups excluding carboxylic acids is 2. The molecule has 0 bridgehead atoms. The van der Waals surface area contributed by atoms with Gasteiger partial charge in [0.1, 0.15) is 11.6 Å². The number of hydrogen-bond donors (Lipinski definition) is 0. The van der Waals surface area contributed by atoms with E-state index in [1.807, 2.05) is 0 Å². The molecule has 0 radical (unpaired) electrons. The quantitative estimate of drug-likeness (QED) is 0.369. The summed E-state index contributed by atoms with van der Waals surface area (Å²) in [6.45, 7) is 21.1. The van der Waals surface area contributed by atoms with Crippen LogP contribution in [0.3, 0.4) is 0 Å². The molecule has 2 nitrogen and oxygen atoms in total. The lowest BCUT2D eigenvalue weighted by atomic mass is 9.31. The van der Waals surface area contributed by atoms with Crippen molar-refractivity contribution in [3.63, 3.8) is 0 Å². The van der Waals surface area contributed by atoms with Gasteiger partial charge in [-0.3, -0.25) is 9.59 Å². The number of rotatable bonds is 0. The highest BCUT2D eigenvalue weighted by molar-refractivity contribution is 5.87. The van der Waals surface area contributed by atoms with Crippen LogP contribution in [0.2, 0.25) is 0 Å². The molecule has 5 rings (SSSR count). The van der Waals surface area contributed by atoms with Crippen LogP contribution in [-0.2, 0) is 9.59 Å². The molecule has 5 aliphatic carbocycles. The van der Waals surface area contributed by atoms with Crippen molar-refractivity contribution < 1.29 is 9.59 Å². The monoisotopic (exact) mass is 438 g/mol. The van der Waals surface area contributed by atoms with Gasteiger partial charge in [-0.1, -0.05) is 60.6 Å². The second kappa shape index (κ2) is 6.60. The molecule has 0 heterocycles. The summed E-state index contributed by atoms with van der Waals surface area (Å²) < 4.78 is 0. The fourth-order valence-electron chi connectivity index (χ4n) is 11.0. The first-order valence-electron chi connectivity index (χ1n) is 13.5. The van der Waals surface area contributed by atoms with E-state index in [2.05, 4.69) is 55.0 Å². The van der Waals surface area contributed by atoms with Crippen LogP contribution in [0.5, 0.6) is 0 Å². The molecule has 0 aromatic rings. The van der Waals surface area contributed by atoms with Crippen LogP contribution >= 0.6 is 0 Å². The van der Waals surface area contributed by atoms with Crippen molar-refractivity contribution in [3.8, 4) is 0 Å². The average Bonchev–Trinajstić information content (AvgIpc) is 2.70. The molecular formula is C30H46O2. The zero-order valence-corrected chi connectivity index (χ0v) is 21.8. The third-order valence-corrected chi connectivity index (χ3v) is 13.2. The van der Waals surface area contributed by atoms with Gasteiger partial charge in [-0.2, -0.15) is 0 Å². The number of ketones is 2. The molecule has 0 aliphatic heterocycles. The Morgan fingerprint density at radius 2 is 1.47 bits per heavy atom. The normalized spacial score (nSPS) is 54.8. The molecule has 0 aromatic heterocycles. The highest BCUT2D eigenvalue weighted by Gasteiger charge is 2.71. The number of carbonyl (C=O) groups is 2. The Bertz CT molecular complexity index is 883. The van der Waals surface area contributed by atoms with Crippen molar-refractivity contribution in [2.45, 2.75) is 106 Å². The minimum absolute atomic E-state index is 0.0582. The fraction of sp³-hybridized carbons (Fsp3) is 0.867. The predicted molar refractivity (Wildman–Crippen MR) is 130 cm³/mol. The molecular weight excluding hydrogens is 392 g/mol. The standard InChI is InChI=1S/C30H46O2/c1-18-11-14-28(6)24(32)17-30(8)20(25(28)19(18)2)9-10-22-27(5)15-13-23(31)26(3,4)21(27)12-16-29(22,30)7/h19-22,25H,1,9-17H2,2-8H3/t19-,20+,21-,22+,25-,27-,28+,29+,30+/m0/s1. The largest absolute Gasteiger partial charge is 0.299 e. The van der Waals surface area contributed by atoms with Crippen molar-refractivity contribution >= 4 is 11.6 Å². The van der Waals surface area contributed by atoms with Crippen LogP contribution < -0.4 is 0 Å². The molecule has 5 aliphatic rings. The fourth-order valence-corrected chi connectivity index (χ4v) is 11.0. The highest BCUT2D eigenvalue weighted by Crippen LogP contribution is 2.76. The number of hydrogen-bond acceptors (Lipinski definition) is 2. The molecule has 32 heavy (non-hydrogen) atoms. The van der Waals surface area contributed by atoms with E-state index in [0.29, 0.717) is 41.2 Å². The van der Waals surface area contributed by atoms with Gasteiger partial charge >= 0.3 is 0 Å². The zero-order valence-electron chi connectivity index (χ0n) is 21.8. The van der Waals surface area contributed by atoms with Crippen molar-refractivity contribution in [1.29, 1.82) is 0 Å². The first kappa shape index (κ1) is 22.9. The van der Waals surface area contributed by atoms with Crippen molar-refractivity contribution in [1.82, 2.24) is 0 Å². The molecule has 0 amide bonds. The Morgan fingerprint density at radius 1 is 0.781 bits per heavy atom. The lowest BCUT2D eigenvalue weighted by molar-refractivity contribution is -0.233. The van der Waals surface area contributed by atoms with Gasteiger partial charge in [0, 0.05) is 23.7 Å². The first-order chi connectivity index (χ1) is 14.7. The van der Waals surface area contributed by atoms with E-state index >= 15 is 0 Å². The smallest absolute Gasteiger partial charge is 0.139 e. The number of allylic oxidation sites excluding steroid dienone is 1. The molecule has 0 unspecified atom stereocenters. The number of fused-ring (bicyclic) bond motifs is 7. The SMILES string of the molecule is C=C1CC[C@]2(C)C(=O)C[C@]3(C)[C@H](CC[C@@H]4[C@@]5(C)CCC(=O)C(C)(C)[C@@H]5CC[C@]43C)[C@@H]2[C@H]1C. The zero-order chi connectivity index (χ0) is 23.5. The van der Waals surface area contributed by atoms with Crippen molar-refractivity contribution in [3.05, 3.63) is 12.2 Å². The van der Waals surface area contributed by atoms with E-state index < -0.39 is 0 Å². The molecule has 2 heteroatoms. The molecule has 0 aromatic carbocycles. The maximum Gasteiger partial charge on any atom is 0.139 e. The maximum atomic E-state index is 13.9. The predicted octanol–water partition coefficient (Wildman–Crippen LogP) is 7.41. The summed E-state index contributed by atoms with van der Waals surface area (Å²) in [5.74, 6) is 3.60. The highest BCUT2D eigenvalue weighted by atomic mass is 16.1. The van der Waals surface area contributed by atoms with Gasteiger partial charge in [0.25, 0.3) is 0 Å². The molecule has 9 atom stereocenters. The van der Waals surface area contributed by atoms with Gasteiger partial charge in [-0.05, 0) is 90.8 Å². The molecule has 0 spiro atoms. The van der Waals surface area contributed by atoms with Crippen LogP contribution in [0.25, 0.3) is 0 Å². The van der Waals surface area contributed by atoms with Crippen LogP contribution in [0.15, 0.2) is 12.2 Å². The molecule has 5 fully saturated rings. The van der Waals surface area contributed by atoms with Gasteiger partial charge in [-0.25, -0.2) is 0 Å². The minimum atomic E-state index is -0.206. The van der Waals surface area contributed by atoms with E-state index in [9.17, 15) is 9.59 Å². The third kappa shape index (κ3) is 2.48. The van der Waals surface area contributed by atoms with Crippen molar-refractivity contribution in [2.75, 3.05) is 0 Å². The Kier molecular flexibility index (Phi) is 4.71. The van der Waals surface area contributed by atoms with E-state index in [-0.39, 0.29) is 27.1 Å². The lowest BCUT2D eigenvalue weighted by Crippen LogP contribution is -2.68. The van der Waals surface area contributed by atoms with E-state index in [1.54, 1.807) is 0 Å². The van der Waals surface area contributed by atoms with Crippen molar-refractivity contribution in [2.24, 2.45) is 56.7 Å². The number of Topliss-reactive ketones (excluding diaryl/α,β-unsaturated/α-hetero) is 2. The van der Waals surface area contributed by atoms with Gasteiger partial charge in [0.05, 0.1) is 0 Å². The Hall–Kier alpha value is -0.920. The molecule has 178 valence electrons. The summed E-state index contributed by atoms with van der Waals surface area (Å²) in [5, 5.41) is 0. The maximum absolute atomic E-state index is 13.9. The summed E-state index contributed by atoms with van der Waals surface area (Å²) >= 11 is 0. The summed E-state index contributed by atoms with van der Waals surface area (Å²) in [4.78, 5) is 26.8. The minimum Gasteiger partial charge on any atom is -0.299 e. The summed E-state index contributed by atoms with van der Waals surface area (Å²) in [6, 6.07) is 0. The van der Waals surface area contributed by atoms with Gasteiger partial charge in [-0.15, -0.1) is 0 Å². The topological polar surface area (TPSA) is 34.1 Å². The van der Waals surface area contributed by atoms with E-state index in [4.69, 9.17) is 0 Å². The second-order valence-electron chi connectivity index (χ2n) is 14.3.